The largest absolute Gasteiger partial charge is 0.486 e. The number of aryl methyl sites for hydroxylation is 1. The van der Waals surface area contributed by atoms with Crippen molar-refractivity contribution in [2.24, 2.45) is 0 Å². The summed E-state index contributed by atoms with van der Waals surface area (Å²) in [6, 6.07) is 8.72. The first-order valence-corrected chi connectivity index (χ1v) is 7.29. The Bertz CT molecular complexity index is 673. The molecule has 4 nitrogen and oxygen atoms in total. The van der Waals surface area contributed by atoms with E-state index in [0.29, 0.717) is 17.0 Å². The van der Waals surface area contributed by atoms with Crippen molar-refractivity contribution in [1.82, 2.24) is 0 Å². The Kier molecular flexibility index (Phi) is 5.16. The molecule has 2 aromatic carbocycles. The second kappa shape index (κ2) is 6.90. The van der Waals surface area contributed by atoms with Gasteiger partial charge in [0.05, 0.1) is 16.5 Å². The van der Waals surface area contributed by atoms with Crippen LogP contribution in [0.1, 0.15) is 16.7 Å². The summed E-state index contributed by atoms with van der Waals surface area (Å²) in [6.07, 6.45) is -0.145. The van der Waals surface area contributed by atoms with Crippen LogP contribution in [-0.4, -0.2) is 11.1 Å². The highest BCUT2D eigenvalue weighted by Gasteiger charge is 2.12. The number of halogens is 2. The quantitative estimate of drug-likeness (QED) is 0.804. The molecule has 2 rings (SSSR count). The summed E-state index contributed by atoms with van der Waals surface area (Å²) in [5, 5.41) is 9.36. The van der Waals surface area contributed by atoms with E-state index in [1.165, 1.54) is 0 Å². The lowest BCUT2D eigenvalue weighted by Gasteiger charge is -2.12. The van der Waals surface area contributed by atoms with Gasteiger partial charge in [0.1, 0.15) is 6.61 Å². The van der Waals surface area contributed by atoms with Crippen LogP contribution in [0.25, 0.3) is 0 Å². The van der Waals surface area contributed by atoms with Gasteiger partial charge in [0.15, 0.2) is 5.75 Å². The van der Waals surface area contributed by atoms with Crippen LogP contribution in [0.4, 0.5) is 5.69 Å². The van der Waals surface area contributed by atoms with Crippen LogP contribution < -0.4 is 10.5 Å². The summed E-state index contributed by atoms with van der Waals surface area (Å²) >= 11 is 12.2. The van der Waals surface area contributed by atoms with Crippen molar-refractivity contribution < 1.29 is 14.6 Å². The number of rotatable bonds is 5. The Morgan fingerprint density at radius 2 is 1.77 bits per heavy atom. The number of carboxylic acids is 1. The van der Waals surface area contributed by atoms with E-state index in [1.54, 1.807) is 12.1 Å². The monoisotopic (exact) mass is 339 g/mol. The van der Waals surface area contributed by atoms with E-state index in [1.807, 2.05) is 25.1 Å². The molecule has 0 amide bonds. The molecule has 22 heavy (non-hydrogen) atoms. The van der Waals surface area contributed by atoms with Gasteiger partial charge in [-0.3, -0.25) is 4.79 Å². The van der Waals surface area contributed by atoms with Crippen LogP contribution in [0.3, 0.4) is 0 Å². The number of carbonyl (C=O) groups is 1. The smallest absolute Gasteiger partial charge is 0.307 e. The molecule has 0 atom stereocenters. The standard InChI is InChI=1S/C16H15Cl2NO3/c1-9-2-11(4-12(19)3-9)8-22-16-13(17)5-10(6-14(16)18)7-15(20)21/h2-6H,7-8,19H2,1H3,(H,20,21). The number of hydrogen-bond acceptors (Lipinski definition) is 3. The van der Waals surface area contributed by atoms with Crippen molar-refractivity contribution in [1.29, 1.82) is 0 Å². The first-order chi connectivity index (χ1) is 10.3. The molecule has 0 aliphatic heterocycles. The maximum Gasteiger partial charge on any atom is 0.307 e. The molecule has 3 N–H and O–H groups in total. The molecule has 0 saturated carbocycles. The first-order valence-electron chi connectivity index (χ1n) is 6.53. The van der Waals surface area contributed by atoms with Crippen LogP contribution in [0.5, 0.6) is 5.75 Å². The third-order valence-corrected chi connectivity index (χ3v) is 3.52. The topological polar surface area (TPSA) is 72.5 Å². The molecule has 0 saturated heterocycles. The molecule has 0 aliphatic carbocycles. The number of nitrogens with two attached hydrogens (primary N) is 1. The van der Waals surface area contributed by atoms with E-state index in [0.717, 1.165) is 11.1 Å². The van der Waals surface area contributed by atoms with E-state index < -0.39 is 5.97 Å². The Morgan fingerprint density at radius 3 is 2.32 bits per heavy atom. The molecular weight excluding hydrogens is 325 g/mol. The number of anilines is 1. The highest BCUT2D eigenvalue weighted by atomic mass is 35.5. The van der Waals surface area contributed by atoms with Gasteiger partial charge in [-0.05, 0) is 47.9 Å². The fraction of sp³-hybridized carbons (Fsp3) is 0.188. The second-order valence-electron chi connectivity index (χ2n) is 5.00. The Labute approximate surface area is 138 Å². The summed E-state index contributed by atoms with van der Waals surface area (Å²) < 4.78 is 5.66. The SMILES string of the molecule is Cc1cc(N)cc(COc2c(Cl)cc(CC(=O)O)cc2Cl)c1. The minimum atomic E-state index is -0.948. The average Bonchev–Trinajstić information content (AvgIpc) is 2.35. The molecule has 0 aromatic heterocycles. The number of ether oxygens (including phenoxy) is 1. The lowest BCUT2D eigenvalue weighted by molar-refractivity contribution is -0.136. The van der Waals surface area contributed by atoms with Crippen LogP contribution in [-0.2, 0) is 17.8 Å². The van der Waals surface area contributed by atoms with Gasteiger partial charge in [0.2, 0.25) is 0 Å². The molecular formula is C16H15Cl2NO3. The fourth-order valence-corrected chi connectivity index (χ4v) is 2.80. The molecule has 116 valence electrons. The molecule has 0 radical (unpaired) electrons. The van der Waals surface area contributed by atoms with E-state index in [9.17, 15) is 4.79 Å². The third kappa shape index (κ3) is 4.29. The van der Waals surface area contributed by atoms with Crippen molar-refractivity contribution >= 4 is 34.9 Å². The lowest BCUT2D eigenvalue weighted by Crippen LogP contribution is -2.02. The average molecular weight is 340 g/mol. The number of aliphatic carboxylic acids is 1. The fourth-order valence-electron chi connectivity index (χ4n) is 2.16. The zero-order chi connectivity index (χ0) is 16.3. The minimum absolute atomic E-state index is 0.145. The van der Waals surface area contributed by atoms with E-state index in [4.69, 9.17) is 38.8 Å². The predicted molar refractivity (Wildman–Crippen MR) is 87.7 cm³/mol. The highest BCUT2D eigenvalue weighted by Crippen LogP contribution is 2.35. The number of carboxylic acid groups (broad SMARTS) is 1. The molecule has 0 bridgehead atoms. The van der Waals surface area contributed by atoms with Crippen LogP contribution in [0.2, 0.25) is 10.0 Å². The van der Waals surface area contributed by atoms with Gasteiger partial charge in [-0.2, -0.15) is 0 Å². The predicted octanol–water partition coefficient (Wildman–Crippen LogP) is 4.09. The van der Waals surface area contributed by atoms with Crippen molar-refractivity contribution in [2.45, 2.75) is 20.0 Å². The summed E-state index contributed by atoms with van der Waals surface area (Å²) in [7, 11) is 0. The summed E-state index contributed by atoms with van der Waals surface area (Å²) in [6.45, 7) is 2.21. The zero-order valence-corrected chi connectivity index (χ0v) is 13.4. The molecule has 6 heteroatoms. The van der Waals surface area contributed by atoms with Gasteiger partial charge >= 0.3 is 5.97 Å². The van der Waals surface area contributed by atoms with Crippen molar-refractivity contribution in [2.75, 3.05) is 5.73 Å². The van der Waals surface area contributed by atoms with Gasteiger partial charge < -0.3 is 15.6 Å². The summed E-state index contributed by atoms with van der Waals surface area (Å²) in [5.74, 6) is -0.617. The Morgan fingerprint density at radius 1 is 1.14 bits per heavy atom. The lowest BCUT2D eigenvalue weighted by atomic mass is 10.1. The maximum atomic E-state index is 10.7. The molecule has 2 aromatic rings. The van der Waals surface area contributed by atoms with E-state index >= 15 is 0 Å². The van der Waals surface area contributed by atoms with Gasteiger partial charge in [0, 0.05) is 5.69 Å². The Hall–Kier alpha value is -1.91. The highest BCUT2D eigenvalue weighted by molar-refractivity contribution is 6.37. The molecule has 0 heterocycles. The van der Waals surface area contributed by atoms with Crippen LogP contribution in [0, 0.1) is 6.92 Å². The first kappa shape index (κ1) is 16.5. The van der Waals surface area contributed by atoms with Gasteiger partial charge in [0.25, 0.3) is 0 Å². The number of hydrogen-bond donors (Lipinski definition) is 2. The molecule has 0 unspecified atom stereocenters. The third-order valence-electron chi connectivity index (χ3n) is 2.96. The maximum absolute atomic E-state index is 10.7. The summed E-state index contributed by atoms with van der Waals surface area (Å²) in [4.78, 5) is 10.7. The van der Waals surface area contributed by atoms with E-state index in [-0.39, 0.29) is 23.1 Å². The van der Waals surface area contributed by atoms with Gasteiger partial charge in [-0.15, -0.1) is 0 Å². The van der Waals surface area contributed by atoms with Crippen molar-refractivity contribution in [3.8, 4) is 5.75 Å². The Balaban J connectivity index is 2.17. The number of benzene rings is 2. The second-order valence-corrected chi connectivity index (χ2v) is 5.81. The minimum Gasteiger partial charge on any atom is -0.486 e. The van der Waals surface area contributed by atoms with E-state index in [2.05, 4.69) is 0 Å². The zero-order valence-electron chi connectivity index (χ0n) is 11.9. The van der Waals surface area contributed by atoms with Gasteiger partial charge in [-0.1, -0.05) is 29.3 Å². The van der Waals surface area contributed by atoms with Crippen LogP contribution >= 0.6 is 23.2 Å². The normalized spacial score (nSPS) is 10.5. The summed E-state index contributed by atoms with van der Waals surface area (Å²) in [5.41, 5.74) is 8.91. The van der Waals surface area contributed by atoms with Crippen molar-refractivity contribution in [3.05, 3.63) is 57.1 Å². The molecule has 0 fully saturated rings. The molecule has 0 aliphatic rings. The number of nitrogen functional groups attached to an aromatic ring is 1. The van der Waals surface area contributed by atoms with Crippen LogP contribution in [0.15, 0.2) is 30.3 Å². The van der Waals surface area contributed by atoms with Crippen molar-refractivity contribution in [3.63, 3.8) is 0 Å². The molecule has 0 spiro atoms. The van der Waals surface area contributed by atoms with Gasteiger partial charge in [-0.25, -0.2) is 0 Å².